The molecule has 1 amide bonds. The quantitative estimate of drug-likeness (QED) is 0.930. The van der Waals surface area contributed by atoms with E-state index in [0.29, 0.717) is 38.1 Å². The van der Waals surface area contributed by atoms with Crippen LogP contribution in [0.5, 0.6) is 0 Å². The SMILES string of the molecule is CCc1ccc(C(=O)N(CC(F)(F)F)C2CCNCC2)o1. The van der Waals surface area contributed by atoms with E-state index in [9.17, 15) is 18.0 Å². The summed E-state index contributed by atoms with van der Waals surface area (Å²) in [4.78, 5) is 13.3. The Balaban J connectivity index is 2.18. The standard InChI is InChI=1S/C14H19F3N2O2/c1-2-11-3-4-12(21-11)13(20)19(9-14(15,16)17)10-5-7-18-8-6-10/h3-4,10,18H,2,5-9H2,1H3. The van der Waals surface area contributed by atoms with E-state index in [0.717, 1.165) is 4.90 Å². The van der Waals surface area contributed by atoms with Gasteiger partial charge >= 0.3 is 6.18 Å². The fourth-order valence-electron chi connectivity index (χ4n) is 2.50. The minimum Gasteiger partial charge on any atom is -0.456 e. The maximum Gasteiger partial charge on any atom is 0.406 e. The van der Waals surface area contributed by atoms with Crippen LogP contribution < -0.4 is 5.32 Å². The van der Waals surface area contributed by atoms with Crippen LogP contribution in [0.2, 0.25) is 0 Å². The van der Waals surface area contributed by atoms with Crippen molar-refractivity contribution in [2.75, 3.05) is 19.6 Å². The van der Waals surface area contributed by atoms with Gasteiger partial charge in [0.05, 0.1) is 0 Å². The van der Waals surface area contributed by atoms with Crippen LogP contribution in [0, 0.1) is 0 Å². The maximum atomic E-state index is 12.8. The molecule has 0 aromatic carbocycles. The van der Waals surface area contributed by atoms with Crippen molar-refractivity contribution in [1.29, 1.82) is 0 Å². The number of alkyl halides is 3. The number of nitrogens with one attached hydrogen (secondary N) is 1. The average molecular weight is 304 g/mol. The summed E-state index contributed by atoms with van der Waals surface area (Å²) in [6, 6.07) is 2.67. The molecule has 1 saturated heterocycles. The predicted molar refractivity (Wildman–Crippen MR) is 71.1 cm³/mol. The lowest BCUT2D eigenvalue weighted by atomic mass is 10.0. The molecule has 4 nitrogen and oxygen atoms in total. The molecule has 1 N–H and O–H groups in total. The topological polar surface area (TPSA) is 45.5 Å². The van der Waals surface area contributed by atoms with Crippen LogP contribution in [-0.2, 0) is 6.42 Å². The van der Waals surface area contributed by atoms with E-state index in [4.69, 9.17) is 4.42 Å². The zero-order chi connectivity index (χ0) is 15.5. The first-order valence-electron chi connectivity index (χ1n) is 7.08. The van der Waals surface area contributed by atoms with Crippen molar-refractivity contribution in [2.45, 2.75) is 38.4 Å². The third-order valence-electron chi connectivity index (χ3n) is 3.58. The number of hydrogen-bond acceptors (Lipinski definition) is 3. The molecule has 0 radical (unpaired) electrons. The Hall–Kier alpha value is -1.50. The number of halogens is 3. The lowest BCUT2D eigenvalue weighted by Crippen LogP contribution is -2.49. The minimum atomic E-state index is -4.42. The summed E-state index contributed by atoms with van der Waals surface area (Å²) < 4.78 is 43.6. The van der Waals surface area contributed by atoms with Gasteiger partial charge in [-0.25, -0.2) is 0 Å². The zero-order valence-corrected chi connectivity index (χ0v) is 11.9. The second-order valence-corrected chi connectivity index (χ2v) is 5.15. The molecule has 7 heteroatoms. The number of carbonyl (C=O) groups excluding carboxylic acids is 1. The van der Waals surface area contributed by atoms with Gasteiger partial charge in [-0.1, -0.05) is 6.92 Å². The monoisotopic (exact) mass is 304 g/mol. The number of carbonyl (C=O) groups is 1. The summed E-state index contributed by atoms with van der Waals surface area (Å²) in [7, 11) is 0. The lowest BCUT2D eigenvalue weighted by molar-refractivity contribution is -0.145. The van der Waals surface area contributed by atoms with E-state index in [-0.39, 0.29) is 5.76 Å². The van der Waals surface area contributed by atoms with Crippen LogP contribution in [-0.4, -0.2) is 42.7 Å². The minimum absolute atomic E-state index is 0.0189. The Morgan fingerprint density at radius 2 is 2.05 bits per heavy atom. The lowest BCUT2D eigenvalue weighted by Gasteiger charge is -2.34. The molecular formula is C14H19F3N2O2. The average Bonchev–Trinajstić information content (AvgIpc) is 2.93. The molecule has 1 aliphatic rings. The van der Waals surface area contributed by atoms with E-state index in [1.807, 2.05) is 6.92 Å². The normalized spacial score (nSPS) is 17.0. The number of rotatable bonds is 4. The first kappa shape index (κ1) is 15.9. The number of hydrogen-bond donors (Lipinski definition) is 1. The molecule has 0 spiro atoms. The number of aryl methyl sites for hydroxylation is 1. The highest BCUT2D eigenvalue weighted by Crippen LogP contribution is 2.24. The first-order valence-corrected chi connectivity index (χ1v) is 7.08. The van der Waals surface area contributed by atoms with E-state index >= 15 is 0 Å². The molecular weight excluding hydrogens is 285 g/mol. The fourth-order valence-corrected chi connectivity index (χ4v) is 2.50. The van der Waals surface area contributed by atoms with Crippen molar-refractivity contribution in [3.63, 3.8) is 0 Å². The van der Waals surface area contributed by atoms with Crippen molar-refractivity contribution in [2.24, 2.45) is 0 Å². The summed E-state index contributed by atoms with van der Waals surface area (Å²) in [6.07, 6.45) is -2.78. The molecule has 1 aromatic heterocycles. The van der Waals surface area contributed by atoms with Gasteiger partial charge in [0.15, 0.2) is 5.76 Å². The third-order valence-corrected chi connectivity index (χ3v) is 3.58. The van der Waals surface area contributed by atoms with Gasteiger partial charge in [-0.2, -0.15) is 13.2 Å². The van der Waals surface area contributed by atoms with E-state index in [2.05, 4.69) is 5.32 Å². The van der Waals surface area contributed by atoms with E-state index in [1.54, 1.807) is 6.07 Å². The number of furan rings is 1. The Bertz CT molecular complexity index is 479. The first-order chi connectivity index (χ1) is 9.90. The van der Waals surface area contributed by atoms with Crippen molar-refractivity contribution in [3.05, 3.63) is 23.7 Å². The van der Waals surface area contributed by atoms with Crippen LogP contribution in [0.15, 0.2) is 16.5 Å². The zero-order valence-electron chi connectivity index (χ0n) is 11.9. The Labute approximate surface area is 121 Å². The van der Waals surface area contributed by atoms with Gasteiger partial charge in [0.1, 0.15) is 12.3 Å². The van der Waals surface area contributed by atoms with Gasteiger partial charge < -0.3 is 14.6 Å². The highest BCUT2D eigenvalue weighted by Gasteiger charge is 2.38. The highest BCUT2D eigenvalue weighted by atomic mass is 19.4. The van der Waals surface area contributed by atoms with Crippen molar-refractivity contribution in [1.82, 2.24) is 10.2 Å². The van der Waals surface area contributed by atoms with Gasteiger partial charge in [0.2, 0.25) is 0 Å². The van der Waals surface area contributed by atoms with Gasteiger partial charge in [-0.3, -0.25) is 4.79 Å². The smallest absolute Gasteiger partial charge is 0.406 e. The second kappa shape index (κ2) is 6.51. The number of nitrogens with zero attached hydrogens (tertiary/aromatic N) is 1. The third kappa shape index (κ3) is 4.23. The molecule has 21 heavy (non-hydrogen) atoms. The molecule has 0 aliphatic carbocycles. The molecule has 0 saturated carbocycles. The molecule has 0 unspecified atom stereocenters. The molecule has 2 heterocycles. The van der Waals surface area contributed by atoms with E-state index in [1.165, 1.54) is 6.07 Å². The second-order valence-electron chi connectivity index (χ2n) is 5.15. The Morgan fingerprint density at radius 1 is 1.38 bits per heavy atom. The van der Waals surface area contributed by atoms with Gasteiger partial charge in [-0.05, 0) is 38.1 Å². The van der Waals surface area contributed by atoms with Crippen LogP contribution in [0.4, 0.5) is 13.2 Å². The predicted octanol–water partition coefficient (Wildman–Crippen LogP) is 2.60. The molecule has 1 fully saturated rings. The van der Waals surface area contributed by atoms with Crippen molar-refractivity contribution < 1.29 is 22.4 Å². The number of amides is 1. The van der Waals surface area contributed by atoms with Crippen LogP contribution in [0.25, 0.3) is 0 Å². The Kier molecular flexibility index (Phi) is 4.92. The fraction of sp³-hybridized carbons (Fsp3) is 0.643. The molecule has 0 bridgehead atoms. The maximum absolute atomic E-state index is 12.8. The number of piperidine rings is 1. The van der Waals surface area contributed by atoms with Crippen molar-refractivity contribution in [3.8, 4) is 0 Å². The van der Waals surface area contributed by atoms with Gasteiger partial charge in [0, 0.05) is 12.5 Å². The van der Waals surface area contributed by atoms with Crippen LogP contribution in [0.3, 0.4) is 0 Å². The summed E-state index contributed by atoms with van der Waals surface area (Å²) in [5.74, 6) is -0.107. The summed E-state index contributed by atoms with van der Waals surface area (Å²) in [6.45, 7) is 1.85. The van der Waals surface area contributed by atoms with Crippen molar-refractivity contribution >= 4 is 5.91 Å². The van der Waals surface area contributed by atoms with E-state index < -0.39 is 24.7 Å². The molecule has 0 atom stereocenters. The summed E-state index contributed by atoms with van der Waals surface area (Å²) >= 11 is 0. The van der Waals surface area contributed by atoms with Gasteiger partial charge in [-0.15, -0.1) is 0 Å². The summed E-state index contributed by atoms with van der Waals surface area (Å²) in [5, 5.41) is 3.08. The molecule has 118 valence electrons. The highest BCUT2D eigenvalue weighted by molar-refractivity contribution is 5.91. The summed E-state index contributed by atoms with van der Waals surface area (Å²) in [5.41, 5.74) is 0. The molecule has 1 aliphatic heterocycles. The molecule has 1 aromatic rings. The Morgan fingerprint density at radius 3 is 2.57 bits per heavy atom. The van der Waals surface area contributed by atoms with Crippen LogP contribution >= 0.6 is 0 Å². The van der Waals surface area contributed by atoms with Crippen LogP contribution in [0.1, 0.15) is 36.1 Å². The molecule has 2 rings (SSSR count). The van der Waals surface area contributed by atoms with Gasteiger partial charge in [0.25, 0.3) is 5.91 Å². The largest absolute Gasteiger partial charge is 0.456 e.